The molecule has 0 spiro atoms. The predicted molar refractivity (Wildman–Crippen MR) is 84.1 cm³/mol. The number of hydrogen-bond donors (Lipinski definition) is 2. The maximum absolute atomic E-state index is 12.4. The van der Waals surface area contributed by atoms with Crippen LogP contribution in [0.15, 0.2) is 46.6 Å². The maximum atomic E-state index is 12.4. The Labute approximate surface area is 132 Å². The smallest absolute Gasteiger partial charge is 0.256 e. The summed E-state index contributed by atoms with van der Waals surface area (Å²) in [5.41, 5.74) is 7.63. The highest BCUT2D eigenvalue weighted by Crippen LogP contribution is 2.40. The van der Waals surface area contributed by atoms with Crippen molar-refractivity contribution in [2.45, 2.75) is 12.8 Å². The first-order valence-electron chi connectivity index (χ1n) is 7.00. The van der Waals surface area contributed by atoms with Gasteiger partial charge in [-0.2, -0.15) is 5.26 Å². The summed E-state index contributed by atoms with van der Waals surface area (Å²) >= 11 is 0. The molecule has 23 heavy (non-hydrogen) atoms. The van der Waals surface area contributed by atoms with E-state index in [0.717, 1.165) is 5.56 Å². The largest absolute Gasteiger partial charge is 0.497 e. The molecule has 1 aliphatic heterocycles. The number of allylic oxidation sites excluding steroid dienone is 1. The summed E-state index contributed by atoms with van der Waals surface area (Å²) in [7, 11) is 1.57. The molecule has 1 aromatic heterocycles. The second kappa shape index (κ2) is 5.54. The number of nitrogens with one attached hydrogen (secondary N) is 1. The van der Waals surface area contributed by atoms with Gasteiger partial charge in [0.2, 0.25) is 5.88 Å². The van der Waals surface area contributed by atoms with E-state index in [9.17, 15) is 10.1 Å². The Morgan fingerprint density at radius 1 is 1.35 bits per heavy atom. The van der Waals surface area contributed by atoms with E-state index in [1.165, 1.54) is 0 Å². The number of aromatic nitrogens is 1. The second-order valence-electron chi connectivity index (χ2n) is 5.26. The SMILES string of the molecule is COc1ccc(C2C(C#N)=C(N)Oc3cc(C)[nH]c(=O)c32)cc1. The first-order valence-corrected chi connectivity index (χ1v) is 7.00. The quantitative estimate of drug-likeness (QED) is 0.882. The number of nitrogens with two attached hydrogens (primary N) is 1. The zero-order valence-electron chi connectivity index (χ0n) is 12.7. The molecule has 0 fully saturated rings. The van der Waals surface area contributed by atoms with Gasteiger partial charge in [-0.05, 0) is 24.6 Å². The number of hydrogen-bond acceptors (Lipinski definition) is 5. The van der Waals surface area contributed by atoms with Gasteiger partial charge in [0.25, 0.3) is 5.56 Å². The summed E-state index contributed by atoms with van der Waals surface area (Å²) in [6.07, 6.45) is 0. The number of rotatable bonds is 2. The average Bonchev–Trinajstić information content (AvgIpc) is 2.53. The minimum Gasteiger partial charge on any atom is -0.497 e. The van der Waals surface area contributed by atoms with Crippen LogP contribution >= 0.6 is 0 Å². The molecule has 6 nitrogen and oxygen atoms in total. The van der Waals surface area contributed by atoms with Crippen molar-refractivity contribution >= 4 is 0 Å². The Morgan fingerprint density at radius 3 is 2.65 bits per heavy atom. The van der Waals surface area contributed by atoms with Crippen molar-refractivity contribution in [2.75, 3.05) is 7.11 Å². The van der Waals surface area contributed by atoms with Gasteiger partial charge in [0.1, 0.15) is 23.1 Å². The van der Waals surface area contributed by atoms with Crippen molar-refractivity contribution in [1.29, 1.82) is 5.26 Å². The number of methoxy groups -OCH3 is 1. The summed E-state index contributed by atoms with van der Waals surface area (Å²) in [5.74, 6) is 0.516. The third-order valence-corrected chi connectivity index (χ3v) is 3.80. The summed E-state index contributed by atoms with van der Waals surface area (Å²) in [5, 5.41) is 9.46. The second-order valence-corrected chi connectivity index (χ2v) is 5.26. The number of pyridine rings is 1. The van der Waals surface area contributed by atoms with E-state index in [-0.39, 0.29) is 17.0 Å². The highest BCUT2D eigenvalue weighted by atomic mass is 16.5. The number of benzene rings is 1. The zero-order valence-corrected chi connectivity index (χ0v) is 12.7. The van der Waals surface area contributed by atoms with Crippen molar-refractivity contribution in [2.24, 2.45) is 5.73 Å². The highest BCUT2D eigenvalue weighted by molar-refractivity contribution is 5.55. The van der Waals surface area contributed by atoms with E-state index in [2.05, 4.69) is 11.1 Å². The number of ether oxygens (including phenoxy) is 2. The number of fused-ring (bicyclic) bond motifs is 1. The number of nitrogens with zero attached hydrogens (tertiary/aromatic N) is 1. The minimum absolute atomic E-state index is 0.0193. The topological polar surface area (TPSA) is 101 Å². The maximum Gasteiger partial charge on any atom is 0.256 e. The average molecular weight is 309 g/mol. The Kier molecular flexibility index (Phi) is 3.54. The monoisotopic (exact) mass is 309 g/mol. The van der Waals surface area contributed by atoms with Crippen LogP contribution in [-0.2, 0) is 0 Å². The molecular weight excluding hydrogens is 294 g/mol. The lowest BCUT2D eigenvalue weighted by Crippen LogP contribution is -2.28. The molecule has 1 unspecified atom stereocenters. The molecule has 116 valence electrons. The molecule has 0 aliphatic carbocycles. The van der Waals surface area contributed by atoms with Crippen LogP contribution in [0.1, 0.15) is 22.7 Å². The first-order chi connectivity index (χ1) is 11.0. The molecule has 2 aromatic rings. The van der Waals surface area contributed by atoms with Gasteiger partial charge in [0, 0.05) is 11.8 Å². The highest BCUT2D eigenvalue weighted by Gasteiger charge is 2.33. The molecule has 1 aromatic carbocycles. The van der Waals surface area contributed by atoms with Gasteiger partial charge in [0.05, 0.1) is 18.6 Å². The zero-order chi connectivity index (χ0) is 16.6. The van der Waals surface area contributed by atoms with Crippen molar-refractivity contribution in [3.63, 3.8) is 0 Å². The standard InChI is InChI=1S/C17H15N3O3/c1-9-7-13-15(17(21)20-9)14(12(8-18)16(19)23-13)10-3-5-11(22-2)6-4-10/h3-7,14H,19H2,1-2H3,(H,20,21). The lowest BCUT2D eigenvalue weighted by Gasteiger charge is -2.25. The molecule has 0 amide bonds. The normalized spacial score (nSPS) is 16.3. The Morgan fingerprint density at radius 2 is 2.04 bits per heavy atom. The van der Waals surface area contributed by atoms with Crippen LogP contribution in [0.3, 0.4) is 0 Å². The third-order valence-electron chi connectivity index (χ3n) is 3.80. The van der Waals surface area contributed by atoms with E-state index < -0.39 is 5.92 Å². The first kappa shape index (κ1) is 14.7. The Balaban J connectivity index is 2.24. The molecular formula is C17H15N3O3. The molecule has 1 aliphatic rings. The lowest BCUT2D eigenvalue weighted by molar-refractivity contribution is 0.391. The van der Waals surface area contributed by atoms with Gasteiger partial charge < -0.3 is 20.2 Å². The van der Waals surface area contributed by atoms with Crippen molar-refractivity contribution in [3.8, 4) is 17.6 Å². The van der Waals surface area contributed by atoms with Gasteiger partial charge in [-0.25, -0.2) is 0 Å². The number of aromatic amines is 1. The van der Waals surface area contributed by atoms with E-state index in [4.69, 9.17) is 15.2 Å². The molecule has 6 heteroatoms. The summed E-state index contributed by atoms with van der Waals surface area (Å²) in [6.45, 7) is 1.76. The molecule has 3 rings (SSSR count). The van der Waals surface area contributed by atoms with Gasteiger partial charge in [-0.3, -0.25) is 4.79 Å². The third kappa shape index (κ3) is 2.42. The number of aryl methyl sites for hydroxylation is 1. The number of H-pyrrole nitrogens is 1. The molecule has 0 saturated heterocycles. The van der Waals surface area contributed by atoms with Crippen LogP contribution in [0.5, 0.6) is 11.5 Å². The summed E-state index contributed by atoms with van der Waals surface area (Å²) < 4.78 is 10.6. The van der Waals surface area contributed by atoms with Crippen LogP contribution < -0.4 is 20.8 Å². The van der Waals surface area contributed by atoms with E-state index in [1.807, 2.05) is 12.1 Å². The van der Waals surface area contributed by atoms with Gasteiger partial charge in [-0.1, -0.05) is 12.1 Å². The molecule has 1 atom stereocenters. The fraction of sp³-hybridized carbons (Fsp3) is 0.176. The minimum atomic E-state index is -0.570. The molecule has 2 heterocycles. The van der Waals surface area contributed by atoms with Crippen molar-refractivity contribution < 1.29 is 9.47 Å². The molecule has 0 saturated carbocycles. The number of nitriles is 1. The van der Waals surface area contributed by atoms with Gasteiger partial charge in [0.15, 0.2) is 0 Å². The lowest BCUT2D eigenvalue weighted by atomic mass is 9.84. The van der Waals surface area contributed by atoms with Gasteiger partial charge >= 0.3 is 0 Å². The van der Waals surface area contributed by atoms with Crippen LogP contribution in [-0.4, -0.2) is 12.1 Å². The Bertz CT molecular complexity index is 889. The summed E-state index contributed by atoms with van der Waals surface area (Å²) in [4.78, 5) is 15.2. The van der Waals surface area contributed by atoms with Crippen molar-refractivity contribution in [1.82, 2.24) is 4.98 Å². The molecule has 0 radical (unpaired) electrons. The van der Waals surface area contributed by atoms with Crippen LogP contribution in [0.4, 0.5) is 0 Å². The fourth-order valence-electron chi connectivity index (χ4n) is 2.74. The van der Waals surface area contributed by atoms with Gasteiger partial charge in [-0.15, -0.1) is 0 Å². The Hall–Kier alpha value is -3.20. The summed E-state index contributed by atoms with van der Waals surface area (Å²) in [6, 6.07) is 10.9. The molecule has 0 bridgehead atoms. The predicted octanol–water partition coefficient (Wildman–Crippen LogP) is 1.91. The van der Waals surface area contributed by atoms with Crippen molar-refractivity contribution in [3.05, 3.63) is 69.0 Å². The van der Waals surface area contributed by atoms with Crippen LogP contribution in [0, 0.1) is 18.3 Å². The van der Waals surface area contributed by atoms with Crippen LogP contribution in [0.2, 0.25) is 0 Å². The fourth-order valence-corrected chi connectivity index (χ4v) is 2.74. The van der Waals surface area contributed by atoms with E-state index >= 15 is 0 Å². The van der Waals surface area contributed by atoms with Crippen LogP contribution in [0.25, 0.3) is 0 Å². The van der Waals surface area contributed by atoms with E-state index in [1.54, 1.807) is 32.2 Å². The molecule has 3 N–H and O–H groups in total. The van der Waals surface area contributed by atoms with E-state index in [0.29, 0.717) is 22.8 Å².